The van der Waals surface area contributed by atoms with Crippen molar-refractivity contribution >= 4 is 27.6 Å². The van der Waals surface area contributed by atoms with Crippen molar-refractivity contribution in [3.8, 4) is 0 Å². The minimum Gasteiger partial charge on any atom is -0.349 e. The molecule has 2 aromatic rings. The van der Waals surface area contributed by atoms with Crippen molar-refractivity contribution in [3.63, 3.8) is 0 Å². The number of sulfonamides is 1. The highest BCUT2D eigenvalue weighted by Gasteiger charge is 2.22. The first-order chi connectivity index (χ1) is 12.8. The molecule has 8 nitrogen and oxygen atoms in total. The zero-order valence-corrected chi connectivity index (χ0v) is 16.2. The number of aromatic nitrogens is 2. The number of anilines is 2. The van der Waals surface area contributed by atoms with Crippen LogP contribution < -0.4 is 14.9 Å². The average Bonchev–Trinajstić information content (AvgIpc) is 2.64. The highest BCUT2D eigenvalue weighted by molar-refractivity contribution is 7.92. The molecule has 1 aromatic carbocycles. The molecule has 0 spiro atoms. The second kappa shape index (κ2) is 7.91. The molecule has 1 aliphatic heterocycles. The van der Waals surface area contributed by atoms with Crippen molar-refractivity contribution in [1.29, 1.82) is 0 Å². The van der Waals surface area contributed by atoms with Gasteiger partial charge >= 0.3 is 0 Å². The Morgan fingerprint density at radius 1 is 1.19 bits per heavy atom. The number of carbonyl (C=O) groups is 1. The van der Waals surface area contributed by atoms with E-state index in [2.05, 4.69) is 24.9 Å². The Hall–Kier alpha value is -2.68. The second-order valence-electron chi connectivity index (χ2n) is 6.69. The molecule has 3 rings (SSSR count). The number of nitrogens with zero attached hydrogens (tertiary/aromatic N) is 3. The summed E-state index contributed by atoms with van der Waals surface area (Å²) < 4.78 is 25.4. The van der Waals surface area contributed by atoms with Gasteiger partial charge < -0.3 is 10.2 Å². The minimum absolute atomic E-state index is 0.0603. The lowest BCUT2D eigenvalue weighted by atomic mass is 10.0. The van der Waals surface area contributed by atoms with E-state index in [1.807, 2.05) is 0 Å². The third kappa shape index (κ3) is 5.16. The number of carbonyl (C=O) groups excluding carboxylic acids is 1. The lowest BCUT2D eigenvalue weighted by Crippen LogP contribution is -2.45. The van der Waals surface area contributed by atoms with Gasteiger partial charge in [0, 0.05) is 37.1 Å². The van der Waals surface area contributed by atoms with Crippen LogP contribution in [0.15, 0.2) is 36.7 Å². The van der Waals surface area contributed by atoms with Crippen molar-refractivity contribution in [3.05, 3.63) is 47.8 Å². The summed E-state index contributed by atoms with van der Waals surface area (Å²) in [5, 5.41) is 3.03. The minimum atomic E-state index is -3.40. The fourth-order valence-corrected chi connectivity index (χ4v) is 3.64. The molecule has 0 aliphatic carbocycles. The van der Waals surface area contributed by atoms with Crippen molar-refractivity contribution in [2.45, 2.75) is 25.8 Å². The van der Waals surface area contributed by atoms with E-state index >= 15 is 0 Å². The number of amides is 1. The number of nitrogens with one attached hydrogen (secondary N) is 2. The monoisotopic (exact) mass is 389 g/mol. The van der Waals surface area contributed by atoms with Crippen molar-refractivity contribution < 1.29 is 13.2 Å². The zero-order valence-electron chi connectivity index (χ0n) is 15.3. The van der Waals surface area contributed by atoms with Crippen LogP contribution in [-0.2, 0) is 10.0 Å². The van der Waals surface area contributed by atoms with E-state index in [4.69, 9.17) is 0 Å². The summed E-state index contributed by atoms with van der Waals surface area (Å²) in [6.45, 7) is 3.32. The van der Waals surface area contributed by atoms with E-state index in [1.165, 1.54) is 0 Å². The molecule has 144 valence electrons. The predicted molar refractivity (Wildman–Crippen MR) is 104 cm³/mol. The zero-order chi connectivity index (χ0) is 19.4. The molecule has 1 saturated heterocycles. The van der Waals surface area contributed by atoms with Crippen LogP contribution in [-0.4, -0.2) is 49.7 Å². The van der Waals surface area contributed by atoms with Gasteiger partial charge in [-0.05, 0) is 43.5 Å². The standard InChI is InChI=1S/C18H23N5O3S/c1-13-4-5-14(12-16(13)22-27(2,25)26)17(24)21-15-6-10-23(11-7-15)18-19-8-3-9-20-18/h3-5,8-9,12,15,22H,6-7,10-11H2,1-2H3,(H,21,24). The fourth-order valence-electron chi connectivity index (χ4n) is 3.02. The lowest BCUT2D eigenvalue weighted by Gasteiger charge is -2.32. The molecule has 0 bridgehead atoms. The Bertz CT molecular complexity index is 910. The van der Waals surface area contributed by atoms with E-state index < -0.39 is 10.0 Å². The topological polar surface area (TPSA) is 104 Å². The fraction of sp³-hybridized carbons (Fsp3) is 0.389. The van der Waals surface area contributed by atoms with Crippen LogP contribution in [0.3, 0.4) is 0 Å². The lowest BCUT2D eigenvalue weighted by molar-refractivity contribution is 0.0931. The van der Waals surface area contributed by atoms with Gasteiger partial charge in [0.1, 0.15) is 0 Å². The van der Waals surface area contributed by atoms with Crippen LogP contribution in [0.25, 0.3) is 0 Å². The highest BCUT2D eigenvalue weighted by Crippen LogP contribution is 2.19. The molecule has 2 N–H and O–H groups in total. The average molecular weight is 389 g/mol. The Morgan fingerprint density at radius 3 is 2.48 bits per heavy atom. The van der Waals surface area contributed by atoms with Gasteiger partial charge in [0.25, 0.3) is 5.91 Å². The van der Waals surface area contributed by atoms with Crippen molar-refractivity contribution in [2.24, 2.45) is 0 Å². The summed E-state index contributed by atoms with van der Waals surface area (Å²) in [5.74, 6) is 0.498. The van der Waals surface area contributed by atoms with E-state index in [1.54, 1.807) is 43.6 Å². The van der Waals surface area contributed by atoms with Gasteiger partial charge in [0.05, 0.1) is 11.9 Å². The van der Waals surface area contributed by atoms with Crippen LogP contribution in [0.1, 0.15) is 28.8 Å². The van der Waals surface area contributed by atoms with Crippen LogP contribution in [0.4, 0.5) is 11.6 Å². The van der Waals surface area contributed by atoms with Gasteiger partial charge in [-0.3, -0.25) is 9.52 Å². The maximum atomic E-state index is 12.6. The van der Waals surface area contributed by atoms with E-state index in [-0.39, 0.29) is 11.9 Å². The summed E-state index contributed by atoms with van der Waals surface area (Å²) >= 11 is 0. The molecule has 0 saturated carbocycles. The molecule has 1 fully saturated rings. The van der Waals surface area contributed by atoms with Gasteiger partial charge in [0.2, 0.25) is 16.0 Å². The first-order valence-electron chi connectivity index (χ1n) is 8.73. The highest BCUT2D eigenvalue weighted by atomic mass is 32.2. The van der Waals surface area contributed by atoms with Gasteiger partial charge in [-0.25, -0.2) is 18.4 Å². The molecule has 1 amide bonds. The molecule has 1 aliphatic rings. The van der Waals surface area contributed by atoms with Gasteiger partial charge in [0.15, 0.2) is 0 Å². The number of rotatable bonds is 5. The Morgan fingerprint density at radius 2 is 1.85 bits per heavy atom. The van der Waals surface area contributed by atoms with Crippen molar-refractivity contribution in [1.82, 2.24) is 15.3 Å². The van der Waals surface area contributed by atoms with Gasteiger partial charge in [-0.15, -0.1) is 0 Å². The maximum Gasteiger partial charge on any atom is 0.251 e. The van der Waals surface area contributed by atoms with E-state index in [9.17, 15) is 13.2 Å². The number of aryl methyl sites for hydroxylation is 1. The van der Waals surface area contributed by atoms with Crippen LogP contribution in [0.2, 0.25) is 0 Å². The van der Waals surface area contributed by atoms with Gasteiger partial charge in [-0.2, -0.15) is 0 Å². The number of benzene rings is 1. The molecular weight excluding hydrogens is 366 g/mol. The first kappa shape index (κ1) is 19.1. The van der Waals surface area contributed by atoms with Crippen LogP contribution in [0.5, 0.6) is 0 Å². The summed E-state index contributed by atoms with van der Waals surface area (Å²) in [4.78, 5) is 23.2. The number of piperidine rings is 1. The quantitative estimate of drug-likeness (QED) is 0.804. The molecule has 1 aromatic heterocycles. The summed E-state index contributed by atoms with van der Waals surface area (Å²) in [6.07, 6.45) is 6.11. The van der Waals surface area contributed by atoms with Crippen LogP contribution in [0, 0.1) is 6.92 Å². The predicted octanol–water partition coefficient (Wildman–Crippen LogP) is 1.56. The van der Waals surface area contributed by atoms with Crippen molar-refractivity contribution in [2.75, 3.05) is 29.0 Å². The number of hydrogen-bond donors (Lipinski definition) is 2. The summed E-state index contributed by atoms with van der Waals surface area (Å²) in [5.41, 5.74) is 1.61. The molecule has 0 unspecified atom stereocenters. The Balaban J connectivity index is 1.61. The van der Waals surface area contributed by atoms with E-state index in [0.29, 0.717) is 17.2 Å². The third-order valence-corrected chi connectivity index (χ3v) is 5.05. The molecule has 0 radical (unpaired) electrons. The molecule has 2 heterocycles. The smallest absolute Gasteiger partial charge is 0.251 e. The molecule has 0 atom stereocenters. The first-order valence-corrected chi connectivity index (χ1v) is 10.6. The summed E-state index contributed by atoms with van der Waals surface area (Å²) in [7, 11) is -3.40. The molecular formula is C18H23N5O3S. The van der Waals surface area contributed by atoms with Crippen LogP contribution >= 0.6 is 0 Å². The SMILES string of the molecule is Cc1ccc(C(=O)NC2CCN(c3ncccn3)CC2)cc1NS(C)(=O)=O. The molecule has 27 heavy (non-hydrogen) atoms. The van der Waals surface area contributed by atoms with Gasteiger partial charge in [-0.1, -0.05) is 6.07 Å². The number of hydrogen-bond acceptors (Lipinski definition) is 6. The Kier molecular flexibility index (Phi) is 5.59. The third-order valence-electron chi connectivity index (χ3n) is 4.46. The normalized spacial score (nSPS) is 15.4. The molecule has 9 heteroatoms. The Labute approximate surface area is 159 Å². The summed E-state index contributed by atoms with van der Waals surface area (Å²) in [6, 6.07) is 6.84. The maximum absolute atomic E-state index is 12.6. The van der Waals surface area contributed by atoms with E-state index in [0.717, 1.165) is 37.8 Å². The largest absolute Gasteiger partial charge is 0.349 e. The second-order valence-corrected chi connectivity index (χ2v) is 8.44.